The van der Waals surface area contributed by atoms with Crippen LogP contribution in [0.5, 0.6) is 0 Å². The number of aryl methyl sites for hydroxylation is 2. The summed E-state index contributed by atoms with van der Waals surface area (Å²) < 4.78 is 2.97. The van der Waals surface area contributed by atoms with Crippen molar-refractivity contribution < 1.29 is 9.59 Å². The minimum absolute atomic E-state index is 0.0713. The van der Waals surface area contributed by atoms with E-state index in [1.807, 2.05) is 27.1 Å². The van der Waals surface area contributed by atoms with Crippen molar-refractivity contribution in [2.45, 2.75) is 64.6 Å². The van der Waals surface area contributed by atoms with Crippen LogP contribution in [0.2, 0.25) is 0 Å². The number of pyridine rings is 1. The number of nitrogens with one attached hydrogen (secondary N) is 2. The van der Waals surface area contributed by atoms with E-state index >= 15 is 0 Å². The molecular formula is C21H29N5O3. The summed E-state index contributed by atoms with van der Waals surface area (Å²) in [6, 6.07) is 3.02. The Balaban J connectivity index is 1.65. The third kappa shape index (κ3) is 5.13. The van der Waals surface area contributed by atoms with Crippen molar-refractivity contribution >= 4 is 11.8 Å². The maximum absolute atomic E-state index is 12.7. The molecule has 0 aliphatic heterocycles. The van der Waals surface area contributed by atoms with Crippen molar-refractivity contribution in [1.82, 2.24) is 25.0 Å². The fourth-order valence-corrected chi connectivity index (χ4v) is 3.91. The Hall–Kier alpha value is -2.90. The average Bonchev–Trinajstić information content (AvgIpc) is 3.02. The molecule has 0 spiro atoms. The molecule has 0 aromatic carbocycles. The topological polar surface area (TPSA) is 98.0 Å². The molecule has 0 bridgehead atoms. The number of nitrogens with zero attached hydrogens (tertiary/aromatic N) is 3. The molecule has 156 valence electrons. The van der Waals surface area contributed by atoms with Crippen LogP contribution in [0.15, 0.2) is 29.3 Å². The highest BCUT2D eigenvalue weighted by Crippen LogP contribution is 2.17. The van der Waals surface area contributed by atoms with Crippen LogP contribution in [0, 0.1) is 6.92 Å². The fourth-order valence-electron chi connectivity index (χ4n) is 3.91. The highest BCUT2D eigenvalue weighted by Gasteiger charge is 2.20. The van der Waals surface area contributed by atoms with E-state index in [4.69, 9.17) is 0 Å². The Morgan fingerprint density at radius 3 is 2.66 bits per heavy atom. The summed E-state index contributed by atoms with van der Waals surface area (Å²) in [5, 5.41) is 10.1. The van der Waals surface area contributed by atoms with Crippen LogP contribution in [-0.2, 0) is 18.4 Å². The van der Waals surface area contributed by atoms with Crippen LogP contribution in [0.25, 0.3) is 0 Å². The maximum atomic E-state index is 12.7. The van der Waals surface area contributed by atoms with Gasteiger partial charge in [-0.05, 0) is 38.8 Å². The molecule has 2 N–H and O–H groups in total. The Labute approximate surface area is 170 Å². The van der Waals surface area contributed by atoms with Crippen molar-refractivity contribution in [3.63, 3.8) is 0 Å². The van der Waals surface area contributed by atoms with Crippen LogP contribution in [-0.4, -0.2) is 32.2 Å². The number of amides is 2. The lowest BCUT2D eigenvalue weighted by Gasteiger charge is -2.22. The number of hydrogen-bond donors (Lipinski definition) is 2. The lowest BCUT2D eigenvalue weighted by molar-refractivity contribution is -0.122. The standard InChI is InChI=1S/C21H29N5O3/c1-14(18-12-25(3)24-15(18)2)22-19(27)13-26-11-7-10-17(21(26)29)20(28)23-16-8-5-4-6-9-16/h7,10-12,14,16H,4-6,8-9,13H2,1-3H3,(H,22,27)(H,23,28)/t14-/m1/s1. The van der Waals surface area contributed by atoms with E-state index in [1.54, 1.807) is 10.7 Å². The van der Waals surface area contributed by atoms with Gasteiger partial charge < -0.3 is 15.2 Å². The van der Waals surface area contributed by atoms with Gasteiger partial charge in [-0.15, -0.1) is 0 Å². The SMILES string of the molecule is Cc1nn(C)cc1[C@@H](C)NC(=O)Cn1cccc(C(=O)NC2CCCCC2)c1=O. The number of carbonyl (C=O) groups excluding carboxylic acids is 2. The molecule has 0 saturated heterocycles. The zero-order valence-electron chi connectivity index (χ0n) is 17.3. The summed E-state index contributed by atoms with van der Waals surface area (Å²) in [4.78, 5) is 37.7. The first kappa shape index (κ1) is 20.8. The molecule has 2 heterocycles. The van der Waals surface area contributed by atoms with Gasteiger partial charge in [0, 0.05) is 31.0 Å². The van der Waals surface area contributed by atoms with E-state index in [1.165, 1.54) is 23.3 Å². The van der Waals surface area contributed by atoms with Gasteiger partial charge in [-0.3, -0.25) is 19.1 Å². The van der Waals surface area contributed by atoms with Gasteiger partial charge in [0.05, 0.1) is 11.7 Å². The monoisotopic (exact) mass is 399 g/mol. The molecule has 0 radical (unpaired) electrons. The normalized spacial score (nSPS) is 15.7. The summed E-state index contributed by atoms with van der Waals surface area (Å²) in [6.45, 7) is 3.61. The van der Waals surface area contributed by atoms with E-state index in [9.17, 15) is 14.4 Å². The zero-order chi connectivity index (χ0) is 21.0. The summed E-state index contributed by atoms with van der Waals surface area (Å²) >= 11 is 0. The average molecular weight is 399 g/mol. The van der Waals surface area contributed by atoms with E-state index in [-0.39, 0.29) is 36.0 Å². The van der Waals surface area contributed by atoms with Gasteiger partial charge in [0.1, 0.15) is 12.1 Å². The number of hydrogen-bond acceptors (Lipinski definition) is 4. The second-order valence-corrected chi connectivity index (χ2v) is 7.80. The van der Waals surface area contributed by atoms with E-state index < -0.39 is 5.56 Å². The van der Waals surface area contributed by atoms with Crippen LogP contribution < -0.4 is 16.2 Å². The maximum Gasteiger partial charge on any atom is 0.263 e. The van der Waals surface area contributed by atoms with Crippen molar-refractivity contribution in [3.05, 3.63) is 51.7 Å². The first-order valence-electron chi connectivity index (χ1n) is 10.1. The summed E-state index contributed by atoms with van der Waals surface area (Å²) in [5.41, 5.74) is 1.39. The molecule has 1 aliphatic rings. The number of rotatable bonds is 6. The molecule has 8 nitrogen and oxygen atoms in total. The Morgan fingerprint density at radius 2 is 2.00 bits per heavy atom. The van der Waals surface area contributed by atoms with Gasteiger partial charge in [-0.2, -0.15) is 5.10 Å². The zero-order valence-corrected chi connectivity index (χ0v) is 17.3. The number of aromatic nitrogens is 3. The smallest absolute Gasteiger partial charge is 0.263 e. The van der Waals surface area contributed by atoms with Crippen molar-refractivity contribution in [1.29, 1.82) is 0 Å². The highest BCUT2D eigenvalue weighted by molar-refractivity contribution is 5.94. The van der Waals surface area contributed by atoms with Crippen LogP contribution in [0.4, 0.5) is 0 Å². The molecule has 8 heteroatoms. The lowest BCUT2D eigenvalue weighted by atomic mass is 9.95. The van der Waals surface area contributed by atoms with Gasteiger partial charge in [-0.25, -0.2) is 0 Å². The molecule has 2 amide bonds. The Kier molecular flexibility index (Phi) is 6.51. The molecule has 3 rings (SSSR count). The first-order chi connectivity index (χ1) is 13.8. The Morgan fingerprint density at radius 1 is 1.28 bits per heavy atom. The molecule has 2 aromatic heterocycles. The molecule has 1 fully saturated rings. The van der Waals surface area contributed by atoms with Gasteiger partial charge in [-0.1, -0.05) is 19.3 Å². The summed E-state index contributed by atoms with van der Waals surface area (Å²) in [7, 11) is 1.83. The predicted molar refractivity (Wildman–Crippen MR) is 110 cm³/mol. The van der Waals surface area contributed by atoms with Crippen molar-refractivity contribution in [2.75, 3.05) is 0 Å². The Bertz CT molecular complexity index is 940. The minimum atomic E-state index is -0.457. The predicted octanol–water partition coefficient (Wildman–Crippen LogP) is 1.83. The van der Waals surface area contributed by atoms with Crippen LogP contribution in [0.3, 0.4) is 0 Å². The second kappa shape index (κ2) is 9.07. The molecule has 2 aromatic rings. The van der Waals surface area contributed by atoms with E-state index in [0.717, 1.165) is 36.9 Å². The minimum Gasteiger partial charge on any atom is -0.349 e. The highest BCUT2D eigenvalue weighted by atomic mass is 16.2. The van der Waals surface area contributed by atoms with Crippen LogP contribution in [0.1, 0.15) is 66.7 Å². The lowest BCUT2D eigenvalue weighted by Crippen LogP contribution is -2.41. The third-order valence-electron chi connectivity index (χ3n) is 5.41. The first-order valence-corrected chi connectivity index (χ1v) is 10.1. The van der Waals surface area contributed by atoms with Crippen molar-refractivity contribution in [2.24, 2.45) is 7.05 Å². The number of carbonyl (C=O) groups is 2. The quantitative estimate of drug-likeness (QED) is 0.774. The summed E-state index contributed by atoms with van der Waals surface area (Å²) in [6.07, 6.45) is 8.66. The third-order valence-corrected chi connectivity index (χ3v) is 5.41. The molecule has 1 atom stereocenters. The molecule has 29 heavy (non-hydrogen) atoms. The second-order valence-electron chi connectivity index (χ2n) is 7.80. The van der Waals surface area contributed by atoms with Gasteiger partial charge in [0.2, 0.25) is 5.91 Å². The van der Waals surface area contributed by atoms with Crippen molar-refractivity contribution in [3.8, 4) is 0 Å². The fraction of sp³-hybridized carbons (Fsp3) is 0.524. The van der Waals surface area contributed by atoms with Gasteiger partial charge in [0.25, 0.3) is 11.5 Å². The summed E-state index contributed by atoms with van der Waals surface area (Å²) in [5.74, 6) is -0.663. The molecule has 1 aliphatic carbocycles. The molecular weight excluding hydrogens is 370 g/mol. The van der Waals surface area contributed by atoms with Gasteiger partial charge in [0.15, 0.2) is 0 Å². The van der Waals surface area contributed by atoms with Gasteiger partial charge >= 0.3 is 0 Å². The molecule has 1 saturated carbocycles. The van der Waals surface area contributed by atoms with E-state index in [2.05, 4.69) is 15.7 Å². The van der Waals surface area contributed by atoms with E-state index in [0.29, 0.717) is 0 Å². The largest absolute Gasteiger partial charge is 0.349 e. The van der Waals surface area contributed by atoms with Crippen LogP contribution >= 0.6 is 0 Å². The molecule has 0 unspecified atom stereocenters.